The lowest BCUT2D eigenvalue weighted by molar-refractivity contribution is 0.145. The molecule has 0 fully saturated rings. The molecule has 2 aromatic heterocycles. The molecule has 0 aliphatic carbocycles. The van der Waals surface area contributed by atoms with E-state index in [1.807, 2.05) is 6.08 Å². The van der Waals surface area contributed by atoms with Crippen LogP contribution in [-0.2, 0) is 11.3 Å². The van der Waals surface area contributed by atoms with Crippen molar-refractivity contribution < 1.29 is 4.74 Å². The number of hydrogen-bond donors (Lipinski definition) is 1. The summed E-state index contributed by atoms with van der Waals surface area (Å²) in [6.07, 6.45) is 3.05. The highest BCUT2D eigenvalue weighted by Crippen LogP contribution is 2.01. The van der Waals surface area contributed by atoms with Crippen LogP contribution in [0.15, 0.2) is 22.5 Å². The van der Waals surface area contributed by atoms with Crippen LogP contribution in [-0.4, -0.2) is 26.2 Å². The van der Waals surface area contributed by atoms with E-state index in [9.17, 15) is 4.79 Å². The molecule has 6 nitrogen and oxygen atoms in total. The molecule has 19 heavy (non-hydrogen) atoms. The van der Waals surface area contributed by atoms with Gasteiger partial charge in [0.25, 0.3) is 11.3 Å². The van der Waals surface area contributed by atoms with E-state index < -0.39 is 0 Å². The maximum absolute atomic E-state index is 11.8. The third-order valence-corrected chi connectivity index (χ3v) is 2.85. The Morgan fingerprint density at radius 2 is 2.32 bits per heavy atom. The van der Waals surface area contributed by atoms with E-state index in [1.165, 1.54) is 16.2 Å². The predicted molar refractivity (Wildman–Crippen MR) is 72.0 cm³/mol. The maximum atomic E-state index is 11.8. The number of nitrogens with zero attached hydrogens (tertiary/aromatic N) is 3. The molecular formula is C13H18N4O2. The van der Waals surface area contributed by atoms with Crippen LogP contribution < -0.4 is 5.56 Å². The number of H-pyrrole nitrogens is 1. The average molecular weight is 262 g/mol. The molecule has 0 radical (unpaired) electrons. The fourth-order valence-electron chi connectivity index (χ4n) is 1.62. The molecular weight excluding hydrogens is 244 g/mol. The van der Waals surface area contributed by atoms with Gasteiger partial charge in [0.1, 0.15) is 5.82 Å². The lowest BCUT2D eigenvalue weighted by atomic mass is 10.2. The van der Waals surface area contributed by atoms with Crippen molar-refractivity contribution in [3.05, 3.63) is 39.6 Å². The first-order valence-corrected chi connectivity index (χ1v) is 6.29. The van der Waals surface area contributed by atoms with Crippen LogP contribution in [0.1, 0.15) is 31.8 Å². The van der Waals surface area contributed by atoms with Crippen molar-refractivity contribution in [3.8, 4) is 0 Å². The molecule has 6 heteroatoms. The minimum Gasteiger partial charge on any atom is -0.371 e. The SMILES string of the molecule is CC/C(C)=C\COCc1cc(=O)n2[nH]c(C)nc2n1. The third kappa shape index (κ3) is 3.29. The highest BCUT2D eigenvalue weighted by molar-refractivity contribution is 5.27. The number of rotatable bonds is 5. The van der Waals surface area contributed by atoms with Crippen molar-refractivity contribution in [2.45, 2.75) is 33.8 Å². The van der Waals surface area contributed by atoms with Crippen LogP contribution in [0.4, 0.5) is 0 Å². The summed E-state index contributed by atoms with van der Waals surface area (Å²) in [6, 6.07) is 1.46. The number of nitrogens with one attached hydrogen (secondary N) is 1. The number of fused-ring (bicyclic) bond motifs is 1. The number of hydrogen-bond acceptors (Lipinski definition) is 4. The molecule has 2 heterocycles. The largest absolute Gasteiger partial charge is 0.371 e. The number of aryl methyl sites for hydroxylation is 1. The second kappa shape index (κ2) is 5.79. The Morgan fingerprint density at radius 3 is 3.05 bits per heavy atom. The molecule has 0 amide bonds. The van der Waals surface area contributed by atoms with Gasteiger partial charge in [-0.2, -0.15) is 9.50 Å². The smallest absolute Gasteiger partial charge is 0.274 e. The number of allylic oxidation sites excluding steroid dienone is 1. The van der Waals surface area contributed by atoms with Crippen LogP contribution in [0.3, 0.4) is 0 Å². The highest BCUT2D eigenvalue weighted by atomic mass is 16.5. The second-order valence-corrected chi connectivity index (χ2v) is 4.45. The fourth-order valence-corrected chi connectivity index (χ4v) is 1.62. The summed E-state index contributed by atoms with van der Waals surface area (Å²) >= 11 is 0. The van der Waals surface area contributed by atoms with Crippen molar-refractivity contribution in [3.63, 3.8) is 0 Å². The topological polar surface area (TPSA) is 72.3 Å². The summed E-state index contributed by atoms with van der Waals surface area (Å²) < 4.78 is 6.80. The first-order valence-electron chi connectivity index (χ1n) is 6.29. The summed E-state index contributed by atoms with van der Waals surface area (Å²) in [5, 5.41) is 2.82. The van der Waals surface area contributed by atoms with E-state index in [-0.39, 0.29) is 5.56 Å². The summed E-state index contributed by atoms with van der Waals surface area (Å²) in [7, 11) is 0. The predicted octanol–water partition coefficient (Wildman–Crippen LogP) is 1.60. The van der Waals surface area contributed by atoms with E-state index in [0.29, 0.717) is 30.5 Å². The minimum absolute atomic E-state index is 0.176. The van der Waals surface area contributed by atoms with E-state index in [4.69, 9.17) is 4.74 Å². The lowest BCUT2D eigenvalue weighted by Gasteiger charge is -2.01. The molecule has 0 aliphatic rings. The molecule has 102 valence electrons. The zero-order valence-corrected chi connectivity index (χ0v) is 11.4. The van der Waals surface area contributed by atoms with Gasteiger partial charge in [0, 0.05) is 6.07 Å². The molecule has 0 aliphatic heterocycles. The molecule has 0 atom stereocenters. The molecule has 0 bridgehead atoms. The quantitative estimate of drug-likeness (QED) is 0.656. The van der Waals surface area contributed by atoms with Crippen molar-refractivity contribution in [2.24, 2.45) is 0 Å². The summed E-state index contributed by atoms with van der Waals surface area (Å²) in [6.45, 7) is 6.78. The standard InChI is InChI=1S/C13H18N4O2/c1-4-9(2)5-6-19-8-11-7-12(18)17-13(15-11)14-10(3)16-17/h5,7H,4,6,8H2,1-3H3,(H,14,15,16)/b9-5-. The van der Waals surface area contributed by atoms with Crippen LogP contribution in [0.25, 0.3) is 5.78 Å². The zero-order valence-electron chi connectivity index (χ0n) is 11.4. The summed E-state index contributed by atoms with van der Waals surface area (Å²) in [5.41, 5.74) is 1.70. The Labute approximate surface area is 111 Å². The van der Waals surface area contributed by atoms with E-state index in [0.717, 1.165) is 6.42 Å². The first-order chi connectivity index (χ1) is 9.10. The van der Waals surface area contributed by atoms with Crippen molar-refractivity contribution in [1.82, 2.24) is 19.6 Å². The highest BCUT2D eigenvalue weighted by Gasteiger charge is 2.05. The number of ether oxygens (including phenoxy) is 1. The Morgan fingerprint density at radius 1 is 1.53 bits per heavy atom. The molecule has 0 saturated carbocycles. The Balaban J connectivity index is 2.07. The Bertz CT molecular complexity index is 654. The lowest BCUT2D eigenvalue weighted by Crippen LogP contribution is -2.16. The van der Waals surface area contributed by atoms with Gasteiger partial charge in [-0.05, 0) is 20.3 Å². The molecule has 2 rings (SSSR count). The molecule has 1 N–H and O–H groups in total. The Hall–Kier alpha value is -1.95. The first kappa shape index (κ1) is 13.5. The molecule has 0 spiro atoms. The Kier molecular flexibility index (Phi) is 4.11. The van der Waals surface area contributed by atoms with Crippen molar-refractivity contribution in [1.29, 1.82) is 0 Å². The average Bonchev–Trinajstić information content (AvgIpc) is 2.75. The van der Waals surface area contributed by atoms with E-state index in [2.05, 4.69) is 28.9 Å². The third-order valence-electron chi connectivity index (χ3n) is 2.85. The summed E-state index contributed by atoms with van der Waals surface area (Å²) in [4.78, 5) is 20.2. The van der Waals surface area contributed by atoms with Crippen LogP contribution >= 0.6 is 0 Å². The molecule has 0 unspecified atom stereocenters. The van der Waals surface area contributed by atoms with Crippen LogP contribution in [0, 0.1) is 6.92 Å². The minimum atomic E-state index is -0.176. The normalized spacial score (nSPS) is 12.3. The van der Waals surface area contributed by atoms with E-state index in [1.54, 1.807) is 6.92 Å². The van der Waals surface area contributed by atoms with Gasteiger partial charge in [0.05, 0.1) is 18.9 Å². The number of aromatic nitrogens is 4. The second-order valence-electron chi connectivity index (χ2n) is 4.45. The van der Waals surface area contributed by atoms with Gasteiger partial charge in [-0.3, -0.25) is 9.89 Å². The molecule has 0 aromatic carbocycles. The van der Waals surface area contributed by atoms with Gasteiger partial charge < -0.3 is 4.74 Å². The molecule has 2 aromatic rings. The van der Waals surface area contributed by atoms with Crippen LogP contribution in [0.5, 0.6) is 0 Å². The van der Waals surface area contributed by atoms with Gasteiger partial charge in [0.15, 0.2) is 0 Å². The van der Waals surface area contributed by atoms with Gasteiger partial charge >= 0.3 is 0 Å². The maximum Gasteiger partial charge on any atom is 0.274 e. The molecule has 0 saturated heterocycles. The van der Waals surface area contributed by atoms with E-state index >= 15 is 0 Å². The van der Waals surface area contributed by atoms with Gasteiger partial charge in [-0.1, -0.05) is 18.6 Å². The van der Waals surface area contributed by atoms with Crippen molar-refractivity contribution in [2.75, 3.05) is 6.61 Å². The van der Waals surface area contributed by atoms with Crippen molar-refractivity contribution >= 4 is 5.78 Å². The van der Waals surface area contributed by atoms with Crippen LogP contribution in [0.2, 0.25) is 0 Å². The van der Waals surface area contributed by atoms with Gasteiger partial charge in [-0.15, -0.1) is 0 Å². The fraction of sp³-hybridized carbons (Fsp3) is 0.462. The summed E-state index contributed by atoms with van der Waals surface area (Å²) in [5.74, 6) is 1.04. The van der Waals surface area contributed by atoms with Gasteiger partial charge in [0.2, 0.25) is 0 Å². The monoisotopic (exact) mass is 262 g/mol. The van der Waals surface area contributed by atoms with Gasteiger partial charge in [-0.25, -0.2) is 4.98 Å². The number of aromatic amines is 1. The zero-order chi connectivity index (χ0) is 13.8.